The highest BCUT2D eigenvalue weighted by Gasteiger charge is 2.24. The van der Waals surface area contributed by atoms with Crippen LogP contribution < -0.4 is 0 Å². The molecular weight excluding hydrogens is 168 g/mol. The fourth-order valence-electron chi connectivity index (χ4n) is 1.07. The van der Waals surface area contributed by atoms with Crippen molar-refractivity contribution in [3.05, 3.63) is 12.7 Å². The molecule has 2 atom stereocenters. The molecule has 0 aliphatic heterocycles. The number of methoxy groups -OCH3 is 1. The van der Waals surface area contributed by atoms with Crippen molar-refractivity contribution in [2.75, 3.05) is 13.7 Å². The standard InChI is InChI=1S/C10H18O3/c1-5-7-9(8(3)12-4)10(11)13-6-2/h5,8-9H,1,6-7H2,2-4H3/t8-,9-/m0/s1. The summed E-state index contributed by atoms with van der Waals surface area (Å²) in [5.41, 5.74) is 0. The highest BCUT2D eigenvalue weighted by atomic mass is 16.5. The molecule has 0 fully saturated rings. The van der Waals surface area contributed by atoms with Crippen LogP contribution in [0.4, 0.5) is 0 Å². The van der Waals surface area contributed by atoms with E-state index in [2.05, 4.69) is 6.58 Å². The predicted octanol–water partition coefficient (Wildman–Crippen LogP) is 1.78. The van der Waals surface area contributed by atoms with Gasteiger partial charge in [0.2, 0.25) is 0 Å². The summed E-state index contributed by atoms with van der Waals surface area (Å²) in [6.07, 6.45) is 2.17. The van der Waals surface area contributed by atoms with Gasteiger partial charge in [-0.2, -0.15) is 0 Å². The second-order valence-electron chi connectivity index (χ2n) is 2.82. The van der Waals surface area contributed by atoms with Gasteiger partial charge in [-0.3, -0.25) is 4.79 Å². The SMILES string of the molecule is C=CC[C@H](C(=O)OCC)[C@H](C)OC. The summed E-state index contributed by atoms with van der Waals surface area (Å²) in [6, 6.07) is 0. The van der Waals surface area contributed by atoms with Crippen molar-refractivity contribution < 1.29 is 14.3 Å². The van der Waals surface area contributed by atoms with Gasteiger partial charge in [-0.15, -0.1) is 6.58 Å². The molecule has 0 saturated carbocycles. The number of esters is 1. The molecule has 0 radical (unpaired) electrons. The van der Waals surface area contributed by atoms with Crippen molar-refractivity contribution in [2.45, 2.75) is 26.4 Å². The van der Waals surface area contributed by atoms with Crippen LogP contribution in [-0.2, 0) is 14.3 Å². The lowest BCUT2D eigenvalue weighted by Gasteiger charge is -2.19. The summed E-state index contributed by atoms with van der Waals surface area (Å²) < 4.78 is 10.00. The maximum atomic E-state index is 11.4. The van der Waals surface area contributed by atoms with Crippen molar-refractivity contribution in [1.29, 1.82) is 0 Å². The van der Waals surface area contributed by atoms with Gasteiger partial charge < -0.3 is 9.47 Å². The Labute approximate surface area is 79.7 Å². The predicted molar refractivity (Wildman–Crippen MR) is 51.4 cm³/mol. The Morgan fingerprint density at radius 3 is 2.62 bits per heavy atom. The number of allylic oxidation sites excluding steroid dienone is 1. The Morgan fingerprint density at radius 2 is 2.23 bits per heavy atom. The molecule has 0 amide bonds. The monoisotopic (exact) mass is 186 g/mol. The molecule has 0 aromatic heterocycles. The topological polar surface area (TPSA) is 35.5 Å². The Kier molecular flexibility index (Phi) is 6.24. The van der Waals surface area contributed by atoms with Gasteiger partial charge in [0.1, 0.15) is 0 Å². The lowest BCUT2D eigenvalue weighted by atomic mass is 10.00. The first-order chi connectivity index (χ1) is 6.17. The van der Waals surface area contributed by atoms with E-state index in [4.69, 9.17) is 9.47 Å². The molecule has 0 unspecified atom stereocenters. The zero-order valence-electron chi connectivity index (χ0n) is 8.58. The molecule has 3 nitrogen and oxygen atoms in total. The number of carbonyl (C=O) groups is 1. The zero-order valence-corrected chi connectivity index (χ0v) is 8.58. The van der Waals surface area contributed by atoms with Crippen LogP contribution >= 0.6 is 0 Å². The summed E-state index contributed by atoms with van der Waals surface area (Å²) in [4.78, 5) is 11.4. The fraction of sp³-hybridized carbons (Fsp3) is 0.700. The number of carbonyl (C=O) groups excluding carboxylic acids is 1. The van der Waals surface area contributed by atoms with Crippen LogP contribution in [0, 0.1) is 5.92 Å². The van der Waals surface area contributed by atoms with Crippen molar-refractivity contribution in [1.82, 2.24) is 0 Å². The third-order valence-electron chi connectivity index (χ3n) is 1.95. The molecule has 0 spiro atoms. The number of ether oxygens (including phenoxy) is 2. The van der Waals surface area contributed by atoms with Gasteiger partial charge in [-0.05, 0) is 20.3 Å². The van der Waals surface area contributed by atoms with Crippen LogP contribution in [0.1, 0.15) is 20.3 Å². The maximum absolute atomic E-state index is 11.4. The first kappa shape index (κ1) is 12.2. The second kappa shape index (κ2) is 6.66. The smallest absolute Gasteiger partial charge is 0.311 e. The molecule has 0 aromatic rings. The normalized spacial score (nSPS) is 14.7. The van der Waals surface area contributed by atoms with Crippen LogP contribution in [0.5, 0.6) is 0 Å². The van der Waals surface area contributed by atoms with E-state index in [9.17, 15) is 4.79 Å². The molecule has 0 aliphatic carbocycles. The highest BCUT2D eigenvalue weighted by molar-refractivity contribution is 5.73. The van der Waals surface area contributed by atoms with Gasteiger partial charge >= 0.3 is 5.97 Å². The summed E-state index contributed by atoms with van der Waals surface area (Å²) in [5, 5.41) is 0. The van der Waals surface area contributed by atoms with Gasteiger partial charge in [0.25, 0.3) is 0 Å². The Morgan fingerprint density at radius 1 is 1.62 bits per heavy atom. The molecule has 0 rings (SSSR count). The molecular formula is C10H18O3. The molecule has 0 N–H and O–H groups in total. The lowest BCUT2D eigenvalue weighted by molar-refractivity contribution is -0.152. The van der Waals surface area contributed by atoms with Gasteiger partial charge in [0.15, 0.2) is 0 Å². The Hall–Kier alpha value is -0.830. The van der Waals surface area contributed by atoms with E-state index in [-0.39, 0.29) is 18.0 Å². The lowest BCUT2D eigenvalue weighted by Crippen LogP contribution is -2.28. The third kappa shape index (κ3) is 4.08. The number of rotatable bonds is 6. The number of hydrogen-bond acceptors (Lipinski definition) is 3. The van der Waals surface area contributed by atoms with Crippen molar-refractivity contribution in [3.63, 3.8) is 0 Å². The van der Waals surface area contributed by atoms with Crippen LogP contribution in [0.3, 0.4) is 0 Å². The van der Waals surface area contributed by atoms with E-state index in [1.807, 2.05) is 6.92 Å². The van der Waals surface area contributed by atoms with Gasteiger partial charge in [0, 0.05) is 7.11 Å². The summed E-state index contributed by atoms with van der Waals surface area (Å²) in [7, 11) is 1.58. The second-order valence-corrected chi connectivity index (χ2v) is 2.82. The first-order valence-corrected chi connectivity index (χ1v) is 4.47. The third-order valence-corrected chi connectivity index (χ3v) is 1.95. The van der Waals surface area contributed by atoms with E-state index in [1.54, 1.807) is 20.1 Å². The average molecular weight is 186 g/mol. The van der Waals surface area contributed by atoms with Crippen molar-refractivity contribution >= 4 is 5.97 Å². The molecule has 0 bridgehead atoms. The van der Waals surface area contributed by atoms with E-state index in [0.29, 0.717) is 13.0 Å². The largest absolute Gasteiger partial charge is 0.466 e. The van der Waals surface area contributed by atoms with Crippen LogP contribution in [-0.4, -0.2) is 25.8 Å². The van der Waals surface area contributed by atoms with E-state index < -0.39 is 0 Å². The quantitative estimate of drug-likeness (QED) is 0.468. The van der Waals surface area contributed by atoms with Gasteiger partial charge in [0.05, 0.1) is 18.6 Å². The Balaban J connectivity index is 4.21. The summed E-state index contributed by atoms with van der Waals surface area (Å²) >= 11 is 0. The molecule has 3 heteroatoms. The molecule has 76 valence electrons. The summed E-state index contributed by atoms with van der Waals surface area (Å²) in [5.74, 6) is -0.445. The minimum Gasteiger partial charge on any atom is -0.466 e. The molecule has 0 aromatic carbocycles. The van der Waals surface area contributed by atoms with Crippen molar-refractivity contribution in [2.24, 2.45) is 5.92 Å². The average Bonchev–Trinajstić information content (AvgIpc) is 2.13. The van der Waals surface area contributed by atoms with Gasteiger partial charge in [-0.1, -0.05) is 6.08 Å². The van der Waals surface area contributed by atoms with Crippen LogP contribution in [0.2, 0.25) is 0 Å². The minimum absolute atomic E-state index is 0.128. The maximum Gasteiger partial charge on any atom is 0.311 e. The van der Waals surface area contributed by atoms with Crippen molar-refractivity contribution in [3.8, 4) is 0 Å². The van der Waals surface area contributed by atoms with Crippen LogP contribution in [0.25, 0.3) is 0 Å². The fourth-order valence-corrected chi connectivity index (χ4v) is 1.07. The minimum atomic E-state index is -0.234. The van der Waals surface area contributed by atoms with E-state index in [1.165, 1.54) is 0 Å². The molecule has 0 aliphatic rings. The highest BCUT2D eigenvalue weighted by Crippen LogP contribution is 2.14. The van der Waals surface area contributed by atoms with Crippen LogP contribution in [0.15, 0.2) is 12.7 Å². The molecule has 13 heavy (non-hydrogen) atoms. The number of hydrogen-bond donors (Lipinski definition) is 0. The van der Waals surface area contributed by atoms with E-state index >= 15 is 0 Å². The Bertz CT molecular complexity index is 166. The first-order valence-electron chi connectivity index (χ1n) is 4.47. The zero-order chi connectivity index (χ0) is 10.3. The van der Waals surface area contributed by atoms with E-state index in [0.717, 1.165) is 0 Å². The molecule has 0 saturated heterocycles. The van der Waals surface area contributed by atoms with Gasteiger partial charge in [-0.25, -0.2) is 0 Å². The summed E-state index contributed by atoms with van der Waals surface area (Å²) in [6.45, 7) is 7.65. The molecule has 0 heterocycles.